The van der Waals surface area contributed by atoms with Crippen LogP contribution in [-0.4, -0.2) is 0 Å². The molecule has 0 radical (unpaired) electrons. The van der Waals surface area contributed by atoms with E-state index in [9.17, 15) is 0 Å². The number of hydrogen-bond acceptors (Lipinski definition) is 2. The molecule has 0 spiro atoms. The Kier molecular flexibility index (Phi) is 2.23. The lowest BCUT2D eigenvalue weighted by Crippen LogP contribution is -1.70. The second-order valence-electron chi connectivity index (χ2n) is 2.71. The van der Waals surface area contributed by atoms with Crippen LogP contribution in [0.1, 0.15) is 11.3 Å². The summed E-state index contributed by atoms with van der Waals surface area (Å²) in [6.07, 6.45) is 0. The lowest BCUT2D eigenvalue weighted by molar-refractivity contribution is 0.577. The van der Waals surface area contributed by atoms with Crippen LogP contribution in [-0.2, 0) is 4.43 Å². The molecule has 13 heavy (non-hydrogen) atoms. The minimum Gasteiger partial charge on any atom is -0.460 e. The Bertz CT molecular complexity index is 481. The van der Waals surface area contributed by atoms with Crippen LogP contribution in [0.3, 0.4) is 0 Å². The molecule has 0 aliphatic rings. The van der Waals surface area contributed by atoms with E-state index in [-0.39, 0.29) is 0 Å². The maximum atomic E-state index is 8.68. The minimum atomic E-state index is 0.674. The van der Waals surface area contributed by atoms with Crippen LogP contribution in [0.25, 0.3) is 11.0 Å². The number of furan rings is 1. The summed E-state index contributed by atoms with van der Waals surface area (Å²) >= 11 is 2.25. The third-order valence-corrected chi connectivity index (χ3v) is 2.58. The monoisotopic (exact) mass is 283 g/mol. The van der Waals surface area contributed by atoms with Crippen LogP contribution in [0.2, 0.25) is 0 Å². The summed E-state index contributed by atoms with van der Waals surface area (Å²) in [7, 11) is 0. The van der Waals surface area contributed by atoms with Gasteiger partial charge in [0.15, 0.2) is 0 Å². The highest BCUT2D eigenvalue weighted by atomic mass is 127. The summed E-state index contributed by atoms with van der Waals surface area (Å²) in [5, 5.41) is 9.68. The number of alkyl halides is 1. The summed E-state index contributed by atoms with van der Waals surface area (Å²) in [5.74, 6) is 0.950. The first-order valence-corrected chi connectivity index (χ1v) is 5.34. The molecule has 2 rings (SSSR count). The highest BCUT2D eigenvalue weighted by Crippen LogP contribution is 2.21. The average Bonchev–Trinajstić information content (AvgIpc) is 2.58. The van der Waals surface area contributed by atoms with E-state index in [1.165, 1.54) is 0 Å². The van der Waals surface area contributed by atoms with Crippen molar-refractivity contribution in [2.75, 3.05) is 0 Å². The zero-order valence-electron chi connectivity index (χ0n) is 6.75. The topological polar surface area (TPSA) is 36.9 Å². The van der Waals surface area contributed by atoms with Gasteiger partial charge in [0.1, 0.15) is 11.3 Å². The van der Waals surface area contributed by atoms with Crippen molar-refractivity contribution in [3.63, 3.8) is 0 Å². The van der Waals surface area contributed by atoms with E-state index >= 15 is 0 Å². The summed E-state index contributed by atoms with van der Waals surface area (Å²) in [6.45, 7) is 0. The average molecular weight is 283 g/mol. The number of nitrogens with zero attached hydrogens (tertiary/aromatic N) is 1. The number of benzene rings is 1. The predicted molar refractivity (Wildman–Crippen MR) is 58.7 cm³/mol. The molecular weight excluding hydrogens is 277 g/mol. The largest absolute Gasteiger partial charge is 0.460 e. The Morgan fingerprint density at radius 3 is 2.92 bits per heavy atom. The molecule has 0 bridgehead atoms. The first-order chi connectivity index (χ1) is 6.33. The molecule has 0 aliphatic heterocycles. The van der Waals surface area contributed by atoms with Gasteiger partial charge in [-0.3, -0.25) is 0 Å². The van der Waals surface area contributed by atoms with Gasteiger partial charge in [-0.2, -0.15) is 5.26 Å². The van der Waals surface area contributed by atoms with Crippen LogP contribution in [0, 0.1) is 11.3 Å². The van der Waals surface area contributed by atoms with Gasteiger partial charge >= 0.3 is 0 Å². The highest BCUT2D eigenvalue weighted by molar-refractivity contribution is 14.1. The number of nitriles is 1. The molecule has 0 saturated heterocycles. The van der Waals surface area contributed by atoms with Gasteiger partial charge in [0.05, 0.1) is 16.1 Å². The van der Waals surface area contributed by atoms with Crippen LogP contribution in [0.4, 0.5) is 0 Å². The Morgan fingerprint density at radius 2 is 2.23 bits per heavy atom. The fourth-order valence-corrected chi connectivity index (χ4v) is 1.61. The van der Waals surface area contributed by atoms with Gasteiger partial charge in [-0.1, -0.05) is 22.6 Å². The second kappa shape index (κ2) is 3.38. The van der Waals surface area contributed by atoms with Crippen LogP contribution in [0.5, 0.6) is 0 Å². The molecule has 0 unspecified atom stereocenters. The molecule has 64 valence electrons. The van der Waals surface area contributed by atoms with Crippen molar-refractivity contribution < 1.29 is 4.42 Å². The van der Waals surface area contributed by atoms with Gasteiger partial charge < -0.3 is 4.42 Å². The predicted octanol–water partition coefficient (Wildman–Crippen LogP) is 3.24. The van der Waals surface area contributed by atoms with E-state index in [1.807, 2.05) is 18.2 Å². The maximum Gasteiger partial charge on any atom is 0.134 e. The lowest BCUT2D eigenvalue weighted by atomic mass is 10.2. The van der Waals surface area contributed by atoms with E-state index in [4.69, 9.17) is 9.68 Å². The Labute approximate surface area is 89.3 Å². The standard InChI is InChI=1S/C10H6INO/c11-5-9-4-8-3-7(6-12)1-2-10(8)13-9/h1-4H,5H2. The Hall–Kier alpha value is -1.02. The lowest BCUT2D eigenvalue weighted by Gasteiger charge is -1.87. The van der Waals surface area contributed by atoms with Crippen molar-refractivity contribution in [3.8, 4) is 6.07 Å². The van der Waals surface area contributed by atoms with Gasteiger partial charge in [-0.25, -0.2) is 0 Å². The van der Waals surface area contributed by atoms with E-state index in [1.54, 1.807) is 6.07 Å². The van der Waals surface area contributed by atoms with Crippen LogP contribution in [0.15, 0.2) is 28.7 Å². The highest BCUT2D eigenvalue weighted by Gasteiger charge is 2.02. The summed E-state index contributed by atoms with van der Waals surface area (Å²) in [5.41, 5.74) is 1.53. The van der Waals surface area contributed by atoms with Crippen molar-refractivity contribution in [1.29, 1.82) is 5.26 Å². The van der Waals surface area contributed by atoms with E-state index < -0.39 is 0 Å². The molecule has 0 N–H and O–H groups in total. The molecule has 1 aromatic heterocycles. The number of hydrogen-bond donors (Lipinski definition) is 0. The molecule has 0 fully saturated rings. The van der Waals surface area contributed by atoms with E-state index in [0.717, 1.165) is 21.2 Å². The van der Waals surface area contributed by atoms with Crippen molar-refractivity contribution in [2.45, 2.75) is 4.43 Å². The molecular formula is C10H6INO. The minimum absolute atomic E-state index is 0.674. The van der Waals surface area contributed by atoms with Crippen LogP contribution >= 0.6 is 22.6 Å². The van der Waals surface area contributed by atoms with Crippen molar-refractivity contribution in [2.24, 2.45) is 0 Å². The molecule has 0 aliphatic carbocycles. The van der Waals surface area contributed by atoms with Gasteiger partial charge in [0, 0.05) is 5.39 Å². The van der Waals surface area contributed by atoms with Crippen molar-refractivity contribution in [1.82, 2.24) is 0 Å². The summed E-state index contributed by atoms with van der Waals surface area (Å²) < 4.78 is 6.36. The summed E-state index contributed by atoms with van der Waals surface area (Å²) in [4.78, 5) is 0. The molecule has 0 amide bonds. The van der Waals surface area contributed by atoms with Crippen molar-refractivity contribution >= 4 is 33.6 Å². The maximum absolute atomic E-state index is 8.68. The number of halogens is 1. The molecule has 2 nitrogen and oxygen atoms in total. The molecule has 0 atom stereocenters. The van der Waals surface area contributed by atoms with Gasteiger partial charge in [-0.15, -0.1) is 0 Å². The van der Waals surface area contributed by atoms with Crippen molar-refractivity contribution in [3.05, 3.63) is 35.6 Å². The van der Waals surface area contributed by atoms with E-state index in [2.05, 4.69) is 28.7 Å². The first kappa shape index (κ1) is 8.57. The fourth-order valence-electron chi connectivity index (χ4n) is 1.23. The zero-order valence-corrected chi connectivity index (χ0v) is 8.91. The molecule has 0 saturated carbocycles. The van der Waals surface area contributed by atoms with Gasteiger partial charge in [0.25, 0.3) is 0 Å². The number of rotatable bonds is 1. The third-order valence-electron chi connectivity index (χ3n) is 1.83. The van der Waals surface area contributed by atoms with E-state index in [0.29, 0.717) is 5.56 Å². The Balaban J connectivity index is 2.65. The summed E-state index contributed by atoms with van der Waals surface area (Å²) in [6, 6.07) is 9.52. The quantitative estimate of drug-likeness (QED) is 0.595. The second-order valence-corrected chi connectivity index (χ2v) is 3.47. The molecule has 1 aromatic carbocycles. The molecule has 2 aromatic rings. The first-order valence-electron chi connectivity index (χ1n) is 3.82. The SMILES string of the molecule is N#Cc1ccc2oc(CI)cc2c1. The molecule has 1 heterocycles. The Morgan fingerprint density at radius 1 is 1.38 bits per heavy atom. The number of fused-ring (bicyclic) bond motifs is 1. The van der Waals surface area contributed by atoms with Crippen LogP contribution < -0.4 is 0 Å². The third kappa shape index (κ3) is 1.54. The van der Waals surface area contributed by atoms with Gasteiger partial charge in [-0.05, 0) is 24.3 Å². The fraction of sp³-hybridized carbons (Fsp3) is 0.100. The molecule has 3 heteroatoms. The zero-order chi connectivity index (χ0) is 9.26. The normalized spacial score (nSPS) is 10.2. The van der Waals surface area contributed by atoms with Gasteiger partial charge in [0.2, 0.25) is 0 Å². The smallest absolute Gasteiger partial charge is 0.134 e.